The third-order valence-corrected chi connectivity index (χ3v) is 7.16. The van der Waals surface area contributed by atoms with Crippen LogP contribution < -0.4 is 10.0 Å². The fourth-order valence-corrected chi connectivity index (χ4v) is 5.25. The quantitative estimate of drug-likeness (QED) is 0.388. The molecule has 0 fully saturated rings. The van der Waals surface area contributed by atoms with E-state index in [1.165, 1.54) is 18.5 Å². The van der Waals surface area contributed by atoms with Crippen LogP contribution in [0.3, 0.4) is 0 Å². The number of pyridine rings is 1. The molecule has 0 spiro atoms. The van der Waals surface area contributed by atoms with Crippen molar-refractivity contribution in [2.75, 3.05) is 16.3 Å². The summed E-state index contributed by atoms with van der Waals surface area (Å²) in [6.45, 7) is -0.331. The van der Waals surface area contributed by atoms with Gasteiger partial charge in [0.05, 0.1) is 22.8 Å². The molecule has 0 saturated carbocycles. The van der Waals surface area contributed by atoms with Gasteiger partial charge in [0.2, 0.25) is 10.0 Å². The molecule has 0 aliphatic rings. The topological polar surface area (TPSA) is 118 Å². The Labute approximate surface area is 200 Å². The highest BCUT2D eigenvalue weighted by atomic mass is 35.5. The van der Waals surface area contributed by atoms with E-state index in [1.807, 2.05) is 0 Å². The van der Waals surface area contributed by atoms with Crippen molar-refractivity contribution in [2.24, 2.45) is 0 Å². The molecule has 0 radical (unpaired) electrons. The van der Waals surface area contributed by atoms with Crippen molar-refractivity contribution < 1.29 is 27.8 Å². The first-order chi connectivity index (χ1) is 15.3. The average molecular weight is 563 g/mol. The van der Waals surface area contributed by atoms with Crippen LogP contribution in [0, 0.1) is 11.3 Å². The lowest BCUT2D eigenvalue weighted by molar-refractivity contribution is 0.364. The van der Waals surface area contributed by atoms with Crippen molar-refractivity contribution in [3.63, 3.8) is 0 Å². The van der Waals surface area contributed by atoms with Crippen LogP contribution in [0.2, 0.25) is 10.0 Å². The summed E-state index contributed by atoms with van der Waals surface area (Å²) in [4.78, 5) is 1.52. The van der Waals surface area contributed by atoms with Crippen LogP contribution in [0.5, 0.6) is 0 Å². The summed E-state index contributed by atoms with van der Waals surface area (Å²) >= 11 is 11.7. The highest BCUT2D eigenvalue weighted by Crippen LogP contribution is 3.02. The number of aromatic nitrogens is 3. The van der Waals surface area contributed by atoms with Crippen molar-refractivity contribution in [3.8, 4) is 11.8 Å². The molecule has 0 aliphatic carbocycles. The molecule has 0 atom stereocenters. The van der Waals surface area contributed by atoms with Gasteiger partial charge in [-0.2, -0.15) is 10.4 Å². The summed E-state index contributed by atoms with van der Waals surface area (Å²) < 4.78 is 92.4. The van der Waals surface area contributed by atoms with Gasteiger partial charge in [-0.05, 0) is 23.8 Å². The van der Waals surface area contributed by atoms with Gasteiger partial charge in [0, 0.05) is 12.4 Å². The fraction of sp³-hybridized carbons (Fsp3) is 0.118. The van der Waals surface area contributed by atoms with E-state index in [2.05, 4.69) is 10.1 Å². The maximum Gasteiger partial charge on any atom is 0.310 e. The number of sulfonamides is 1. The van der Waals surface area contributed by atoms with E-state index in [9.17, 15) is 33.1 Å². The molecule has 0 saturated heterocycles. The monoisotopic (exact) mass is 562 g/mol. The molecule has 0 aliphatic heterocycles. The van der Waals surface area contributed by atoms with E-state index in [0.29, 0.717) is 10.2 Å². The minimum Gasteiger partial charge on any atom is -0.382 e. The lowest BCUT2D eigenvalue weighted by Gasteiger charge is -2.40. The average Bonchev–Trinajstić information content (AvgIpc) is 2.99. The Hall–Kier alpha value is -2.80. The van der Waals surface area contributed by atoms with Gasteiger partial charge in [-0.3, -0.25) is 9.29 Å². The van der Waals surface area contributed by atoms with Crippen molar-refractivity contribution in [1.29, 1.82) is 5.26 Å². The summed E-state index contributed by atoms with van der Waals surface area (Å²) in [6, 6.07) is 4.61. The molecule has 3 aromatic rings. The number of nitrogen functional groups attached to an aromatic ring is 1. The Morgan fingerprint density at radius 1 is 1.21 bits per heavy atom. The molecule has 2 aromatic heterocycles. The molecule has 1 aromatic carbocycles. The molecule has 34 heavy (non-hydrogen) atoms. The minimum atomic E-state index is -10.1. The number of rotatable bonds is 6. The molecule has 17 heteroatoms. The van der Waals surface area contributed by atoms with Crippen LogP contribution in [0.4, 0.5) is 30.9 Å². The zero-order chi connectivity index (χ0) is 25.8. The Balaban J connectivity index is 2.25. The molecule has 184 valence electrons. The van der Waals surface area contributed by atoms with Crippen LogP contribution in [0.15, 0.2) is 41.6 Å². The van der Waals surface area contributed by atoms with Crippen LogP contribution in [-0.4, -0.2) is 29.4 Å². The Morgan fingerprint density at radius 2 is 1.79 bits per heavy atom. The van der Waals surface area contributed by atoms with Gasteiger partial charge in [0.15, 0.2) is 11.5 Å². The third kappa shape index (κ3) is 5.14. The minimum absolute atomic E-state index is 0.0544. The standard InChI is InChI=1S/C17H13Cl2F5N6O2S2/c1-33(31,32)29(9-10-3-2-4-27-8-10)16-14(7-25)28-30(17(16)26)15-12(18)5-11(6-13(15)19)34(20,21,22,23)24/h2-6,8H,9,26H2,1H3. The number of nitrogens with zero attached hydrogens (tertiary/aromatic N) is 5. The normalized spacial score (nSPS) is 14.2. The number of hydrogen-bond donors (Lipinski definition) is 1. The summed E-state index contributed by atoms with van der Waals surface area (Å²) in [7, 11) is -14.2. The van der Waals surface area contributed by atoms with E-state index in [4.69, 9.17) is 28.9 Å². The Kier molecular flexibility index (Phi) is 5.77. The first-order valence-corrected chi connectivity index (χ1v) is 13.3. The predicted octanol–water partition coefficient (Wildman–Crippen LogP) is 5.65. The lowest BCUT2D eigenvalue weighted by Crippen LogP contribution is -2.30. The smallest absolute Gasteiger partial charge is 0.310 e. The number of benzene rings is 1. The number of nitriles is 1. The first kappa shape index (κ1) is 25.8. The maximum atomic E-state index is 13.2. The van der Waals surface area contributed by atoms with E-state index < -0.39 is 58.1 Å². The maximum absolute atomic E-state index is 13.2. The zero-order valence-electron chi connectivity index (χ0n) is 16.8. The van der Waals surface area contributed by atoms with Gasteiger partial charge in [-0.15, -0.1) is 0 Å². The van der Waals surface area contributed by atoms with Gasteiger partial charge in [0.1, 0.15) is 22.3 Å². The second kappa shape index (κ2) is 7.60. The summed E-state index contributed by atoms with van der Waals surface area (Å²) in [5.74, 6) is -0.547. The van der Waals surface area contributed by atoms with Gasteiger partial charge >= 0.3 is 10.2 Å². The molecule has 8 nitrogen and oxygen atoms in total. The highest BCUT2D eigenvalue weighted by molar-refractivity contribution is 8.45. The lowest BCUT2D eigenvalue weighted by atomic mass is 10.2. The van der Waals surface area contributed by atoms with Gasteiger partial charge in [-0.1, -0.05) is 48.7 Å². The molecule has 2 N–H and O–H groups in total. The van der Waals surface area contributed by atoms with E-state index in [0.717, 1.165) is 10.6 Å². The predicted molar refractivity (Wildman–Crippen MR) is 119 cm³/mol. The van der Waals surface area contributed by atoms with Crippen LogP contribution in [0.1, 0.15) is 11.3 Å². The van der Waals surface area contributed by atoms with Crippen LogP contribution >= 0.6 is 33.4 Å². The van der Waals surface area contributed by atoms with Gasteiger partial charge < -0.3 is 5.73 Å². The zero-order valence-corrected chi connectivity index (χ0v) is 19.9. The molecule has 3 rings (SSSR count). The molecule has 0 bridgehead atoms. The van der Waals surface area contributed by atoms with Crippen molar-refractivity contribution in [3.05, 3.63) is 58.0 Å². The molecular formula is C17H13Cl2F5N6O2S2. The number of anilines is 2. The number of hydrogen-bond acceptors (Lipinski definition) is 6. The van der Waals surface area contributed by atoms with Crippen molar-refractivity contribution in [2.45, 2.75) is 11.4 Å². The van der Waals surface area contributed by atoms with Crippen molar-refractivity contribution in [1.82, 2.24) is 14.8 Å². The summed E-state index contributed by atoms with van der Waals surface area (Å²) in [5.41, 5.74) is 4.90. The fourth-order valence-electron chi connectivity index (χ4n) is 2.90. The molecule has 0 amide bonds. The second-order valence-corrected chi connectivity index (χ2v) is 12.1. The van der Waals surface area contributed by atoms with E-state index in [1.54, 1.807) is 12.1 Å². The van der Waals surface area contributed by atoms with E-state index in [-0.39, 0.29) is 18.7 Å². The summed E-state index contributed by atoms with van der Waals surface area (Å²) in [5, 5.41) is 11.5. The van der Waals surface area contributed by atoms with E-state index >= 15 is 0 Å². The van der Waals surface area contributed by atoms with Gasteiger partial charge in [-0.25, -0.2) is 13.1 Å². The molecular weight excluding hydrogens is 550 g/mol. The largest absolute Gasteiger partial charge is 0.382 e. The van der Waals surface area contributed by atoms with Crippen LogP contribution in [0.25, 0.3) is 5.69 Å². The molecule has 0 unspecified atom stereocenters. The second-order valence-electron chi connectivity index (χ2n) is 6.94. The number of halogens is 7. The van der Waals surface area contributed by atoms with Crippen LogP contribution in [-0.2, 0) is 16.6 Å². The Bertz CT molecular complexity index is 1420. The number of nitrogens with two attached hydrogens (primary N) is 1. The highest BCUT2D eigenvalue weighted by Gasteiger charge is 2.65. The third-order valence-electron chi connectivity index (χ3n) is 4.35. The summed E-state index contributed by atoms with van der Waals surface area (Å²) in [6.07, 6.45) is 3.63. The van der Waals surface area contributed by atoms with Crippen molar-refractivity contribution >= 4 is 55.0 Å². The van der Waals surface area contributed by atoms with Gasteiger partial charge in [0.25, 0.3) is 0 Å². The Morgan fingerprint density at radius 3 is 2.24 bits per heavy atom. The first-order valence-electron chi connectivity index (χ1n) is 8.72. The SMILES string of the molecule is CS(=O)(=O)N(Cc1cccnc1)c1c(C#N)nn(-c2c(Cl)cc(S(F)(F)(F)(F)F)cc2Cl)c1N. The molecule has 2 heterocycles.